The van der Waals surface area contributed by atoms with E-state index in [1.165, 1.54) is 11.3 Å². The van der Waals surface area contributed by atoms with Gasteiger partial charge in [0.05, 0.1) is 6.54 Å². The normalized spacial score (nSPS) is 18.7. The lowest BCUT2D eigenvalue weighted by atomic mass is 10.2. The Labute approximate surface area is 128 Å². The largest absolute Gasteiger partial charge is 0.369 e. The monoisotopic (exact) mass is 286 g/mol. The molecule has 1 fully saturated rings. The van der Waals surface area contributed by atoms with Gasteiger partial charge in [-0.15, -0.1) is 6.58 Å². The Kier molecular flexibility index (Phi) is 5.67. The number of aliphatic imine (C=N–C) groups is 1. The minimum atomic E-state index is 0.439. The predicted octanol–water partition coefficient (Wildman–Crippen LogP) is 2.31. The molecule has 114 valence electrons. The van der Waals surface area contributed by atoms with Crippen molar-refractivity contribution in [3.8, 4) is 0 Å². The summed E-state index contributed by atoms with van der Waals surface area (Å²) in [5.41, 5.74) is 2.61. The second-order valence-electron chi connectivity index (χ2n) is 5.42. The Balaban J connectivity index is 1.92. The number of rotatable bonds is 5. The van der Waals surface area contributed by atoms with Crippen LogP contribution in [-0.2, 0) is 0 Å². The Bertz CT molecular complexity index is 478. The quantitative estimate of drug-likeness (QED) is 0.496. The molecule has 1 aromatic rings. The third-order valence-corrected chi connectivity index (χ3v) is 3.65. The molecule has 21 heavy (non-hydrogen) atoms. The standard InChI is InChI=1S/C17H26N4/c1-4-11-19-17(18-5-2)20-15-10-12-21(13-15)16-8-6-14(3)7-9-16/h4,6-9,15H,1,5,10-13H2,2-3H3,(H2,18,19,20). The van der Waals surface area contributed by atoms with Gasteiger partial charge in [-0.05, 0) is 32.4 Å². The highest BCUT2D eigenvalue weighted by molar-refractivity contribution is 5.80. The number of hydrogen-bond acceptors (Lipinski definition) is 2. The van der Waals surface area contributed by atoms with E-state index in [0.717, 1.165) is 32.0 Å². The number of anilines is 1. The second-order valence-corrected chi connectivity index (χ2v) is 5.42. The fourth-order valence-electron chi connectivity index (χ4n) is 2.54. The van der Waals surface area contributed by atoms with E-state index < -0.39 is 0 Å². The predicted molar refractivity (Wildman–Crippen MR) is 91.1 cm³/mol. The topological polar surface area (TPSA) is 39.7 Å². The maximum absolute atomic E-state index is 4.46. The fraction of sp³-hybridized carbons (Fsp3) is 0.471. The summed E-state index contributed by atoms with van der Waals surface area (Å²) in [5, 5.41) is 6.79. The highest BCUT2D eigenvalue weighted by Gasteiger charge is 2.23. The van der Waals surface area contributed by atoms with Crippen molar-refractivity contribution in [2.45, 2.75) is 26.3 Å². The summed E-state index contributed by atoms with van der Waals surface area (Å²) in [6.45, 7) is 11.5. The van der Waals surface area contributed by atoms with Crippen molar-refractivity contribution in [3.05, 3.63) is 42.5 Å². The molecule has 1 unspecified atom stereocenters. The molecule has 2 N–H and O–H groups in total. The van der Waals surface area contributed by atoms with Crippen LogP contribution in [0.15, 0.2) is 41.9 Å². The number of hydrogen-bond donors (Lipinski definition) is 2. The zero-order chi connectivity index (χ0) is 15.1. The van der Waals surface area contributed by atoms with Crippen LogP contribution in [0.4, 0.5) is 5.69 Å². The van der Waals surface area contributed by atoms with Crippen LogP contribution in [0.1, 0.15) is 18.9 Å². The van der Waals surface area contributed by atoms with E-state index in [-0.39, 0.29) is 0 Å². The molecule has 2 rings (SSSR count). The van der Waals surface area contributed by atoms with Crippen LogP contribution in [0, 0.1) is 6.92 Å². The molecule has 1 aliphatic rings. The first-order chi connectivity index (χ1) is 10.2. The molecule has 0 aromatic heterocycles. The summed E-state index contributed by atoms with van der Waals surface area (Å²) >= 11 is 0. The molecule has 0 amide bonds. The molecular formula is C17H26N4. The van der Waals surface area contributed by atoms with Crippen molar-refractivity contribution in [1.29, 1.82) is 0 Å². The lowest BCUT2D eigenvalue weighted by molar-refractivity contribution is 0.651. The van der Waals surface area contributed by atoms with Gasteiger partial charge in [0.1, 0.15) is 0 Å². The van der Waals surface area contributed by atoms with Crippen LogP contribution >= 0.6 is 0 Å². The molecule has 4 nitrogen and oxygen atoms in total. The van der Waals surface area contributed by atoms with Crippen LogP contribution in [0.5, 0.6) is 0 Å². The van der Waals surface area contributed by atoms with Crippen LogP contribution in [0.3, 0.4) is 0 Å². The summed E-state index contributed by atoms with van der Waals surface area (Å²) in [6, 6.07) is 9.19. The number of nitrogens with one attached hydrogen (secondary N) is 2. The third kappa shape index (κ3) is 4.52. The van der Waals surface area contributed by atoms with Gasteiger partial charge in [-0.3, -0.25) is 0 Å². The van der Waals surface area contributed by atoms with E-state index in [1.54, 1.807) is 0 Å². The molecule has 0 radical (unpaired) electrons. The van der Waals surface area contributed by atoms with Crippen LogP contribution in [0.25, 0.3) is 0 Å². The molecule has 4 heteroatoms. The lowest BCUT2D eigenvalue weighted by Gasteiger charge is -2.20. The maximum atomic E-state index is 4.46. The summed E-state index contributed by atoms with van der Waals surface area (Å²) in [7, 11) is 0. The Hall–Kier alpha value is -1.97. The van der Waals surface area contributed by atoms with Gasteiger partial charge in [0.25, 0.3) is 0 Å². The first kappa shape index (κ1) is 15.4. The molecule has 1 saturated heterocycles. The highest BCUT2D eigenvalue weighted by Crippen LogP contribution is 2.20. The summed E-state index contributed by atoms with van der Waals surface area (Å²) in [5.74, 6) is 0.883. The van der Waals surface area contributed by atoms with Crippen LogP contribution in [-0.4, -0.2) is 38.2 Å². The van der Waals surface area contributed by atoms with Crippen LogP contribution < -0.4 is 15.5 Å². The van der Waals surface area contributed by atoms with Crippen molar-refractivity contribution >= 4 is 11.6 Å². The van der Waals surface area contributed by atoms with Gasteiger partial charge in [-0.1, -0.05) is 23.8 Å². The molecule has 1 aliphatic heterocycles. The van der Waals surface area contributed by atoms with Gasteiger partial charge in [0.15, 0.2) is 5.96 Å². The minimum absolute atomic E-state index is 0.439. The van der Waals surface area contributed by atoms with E-state index in [4.69, 9.17) is 0 Å². The summed E-state index contributed by atoms with van der Waals surface area (Å²) < 4.78 is 0. The minimum Gasteiger partial charge on any atom is -0.369 e. The van der Waals surface area contributed by atoms with Crippen molar-refractivity contribution in [1.82, 2.24) is 10.6 Å². The van der Waals surface area contributed by atoms with Crippen molar-refractivity contribution in [2.24, 2.45) is 4.99 Å². The molecule has 1 aromatic carbocycles. The molecule has 1 heterocycles. The Morgan fingerprint density at radius 1 is 1.43 bits per heavy atom. The van der Waals surface area contributed by atoms with Gasteiger partial charge in [-0.2, -0.15) is 0 Å². The Morgan fingerprint density at radius 2 is 2.19 bits per heavy atom. The van der Waals surface area contributed by atoms with Gasteiger partial charge >= 0.3 is 0 Å². The molecule has 0 spiro atoms. The van der Waals surface area contributed by atoms with Gasteiger partial charge in [0.2, 0.25) is 0 Å². The number of nitrogens with zero attached hydrogens (tertiary/aromatic N) is 2. The van der Waals surface area contributed by atoms with Gasteiger partial charge < -0.3 is 15.5 Å². The zero-order valence-electron chi connectivity index (χ0n) is 13.1. The number of aryl methyl sites for hydroxylation is 1. The Morgan fingerprint density at radius 3 is 2.86 bits per heavy atom. The molecular weight excluding hydrogens is 260 g/mol. The summed E-state index contributed by atoms with van der Waals surface area (Å²) in [6.07, 6.45) is 2.94. The van der Waals surface area contributed by atoms with Crippen molar-refractivity contribution in [2.75, 3.05) is 31.1 Å². The van der Waals surface area contributed by atoms with E-state index in [9.17, 15) is 0 Å². The zero-order valence-corrected chi connectivity index (χ0v) is 13.1. The fourth-order valence-corrected chi connectivity index (χ4v) is 2.54. The third-order valence-electron chi connectivity index (χ3n) is 3.65. The number of benzene rings is 1. The smallest absolute Gasteiger partial charge is 0.191 e. The van der Waals surface area contributed by atoms with Crippen LogP contribution in [0.2, 0.25) is 0 Å². The first-order valence-electron chi connectivity index (χ1n) is 7.70. The van der Waals surface area contributed by atoms with E-state index >= 15 is 0 Å². The van der Waals surface area contributed by atoms with E-state index in [2.05, 4.69) is 65.2 Å². The molecule has 0 bridgehead atoms. The first-order valence-corrected chi connectivity index (χ1v) is 7.70. The highest BCUT2D eigenvalue weighted by atomic mass is 15.2. The van der Waals surface area contributed by atoms with Gasteiger partial charge in [0, 0.05) is 31.4 Å². The average Bonchev–Trinajstić information content (AvgIpc) is 2.94. The average molecular weight is 286 g/mol. The van der Waals surface area contributed by atoms with E-state index in [0.29, 0.717) is 12.6 Å². The molecule has 1 atom stereocenters. The summed E-state index contributed by atoms with van der Waals surface area (Å²) in [4.78, 5) is 6.89. The molecule has 0 aliphatic carbocycles. The molecule has 0 saturated carbocycles. The maximum Gasteiger partial charge on any atom is 0.191 e. The SMILES string of the molecule is C=CCN=C(NCC)NC1CCN(c2ccc(C)cc2)C1. The van der Waals surface area contributed by atoms with Gasteiger partial charge in [-0.25, -0.2) is 4.99 Å². The van der Waals surface area contributed by atoms with Crippen molar-refractivity contribution < 1.29 is 0 Å². The lowest BCUT2D eigenvalue weighted by Crippen LogP contribution is -2.44. The van der Waals surface area contributed by atoms with E-state index in [1.807, 2.05) is 6.08 Å². The number of guanidine groups is 1. The van der Waals surface area contributed by atoms with Crippen molar-refractivity contribution in [3.63, 3.8) is 0 Å². The second kappa shape index (κ2) is 7.72.